The van der Waals surface area contributed by atoms with E-state index in [2.05, 4.69) is 48.7 Å². The number of piperazine rings is 1. The first kappa shape index (κ1) is 18.3. The summed E-state index contributed by atoms with van der Waals surface area (Å²) in [7, 11) is 0. The molecule has 138 valence electrons. The highest BCUT2D eigenvalue weighted by Crippen LogP contribution is 2.10. The molecule has 0 amide bonds. The number of hydrogen-bond donors (Lipinski definition) is 1. The molecular weight excluding hydrogens is 334 g/mol. The van der Waals surface area contributed by atoms with Crippen molar-refractivity contribution in [1.29, 1.82) is 0 Å². The van der Waals surface area contributed by atoms with Crippen molar-refractivity contribution >= 4 is 23.7 Å². The first-order valence-electron chi connectivity index (χ1n) is 9.22. The third kappa shape index (κ3) is 5.47. The minimum atomic E-state index is 0.826. The lowest BCUT2D eigenvalue weighted by atomic mass is 10.3. The van der Waals surface area contributed by atoms with Crippen LogP contribution in [0.1, 0.15) is 6.92 Å². The average Bonchev–Trinajstić information content (AvgIpc) is 2.69. The lowest BCUT2D eigenvalue weighted by molar-refractivity contribution is 0.309. The van der Waals surface area contributed by atoms with Crippen molar-refractivity contribution in [3.8, 4) is 0 Å². The fraction of sp³-hybridized carbons (Fsp3) is 0.706. The van der Waals surface area contributed by atoms with Gasteiger partial charge in [-0.2, -0.15) is 11.8 Å². The number of aliphatic imine (C=N–C) groups is 1. The van der Waals surface area contributed by atoms with Crippen LogP contribution in [-0.2, 0) is 0 Å². The highest BCUT2D eigenvalue weighted by molar-refractivity contribution is 7.99. The molecule has 2 aliphatic rings. The van der Waals surface area contributed by atoms with Gasteiger partial charge in [0.05, 0.1) is 6.54 Å². The molecule has 25 heavy (non-hydrogen) atoms. The molecule has 0 aliphatic carbocycles. The van der Waals surface area contributed by atoms with Crippen LogP contribution in [0.15, 0.2) is 23.5 Å². The predicted octanol–water partition coefficient (Wildman–Crippen LogP) is 0.613. The fourth-order valence-corrected chi connectivity index (χ4v) is 4.10. The summed E-state index contributed by atoms with van der Waals surface area (Å²) in [6.45, 7) is 11.1. The van der Waals surface area contributed by atoms with E-state index in [0.717, 1.165) is 57.7 Å². The van der Waals surface area contributed by atoms with Crippen LogP contribution in [0, 0.1) is 0 Å². The molecule has 0 spiro atoms. The maximum Gasteiger partial charge on any atom is 0.225 e. The Bertz CT molecular complexity index is 525. The average molecular weight is 364 g/mol. The largest absolute Gasteiger partial charge is 0.357 e. The first-order valence-corrected chi connectivity index (χ1v) is 10.4. The van der Waals surface area contributed by atoms with Gasteiger partial charge in [0, 0.05) is 76.3 Å². The molecule has 0 radical (unpaired) electrons. The van der Waals surface area contributed by atoms with Gasteiger partial charge < -0.3 is 15.1 Å². The van der Waals surface area contributed by atoms with E-state index in [-0.39, 0.29) is 0 Å². The molecule has 8 heteroatoms. The fourth-order valence-electron chi connectivity index (χ4n) is 3.12. The molecule has 0 aromatic carbocycles. The summed E-state index contributed by atoms with van der Waals surface area (Å²) in [6.07, 6.45) is 3.61. The topological polar surface area (TPSA) is 59.9 Å². The molecule has 2 fully saturated rings. The Morgan fingerprint density at radius 3 is 2.52 bits per heavy atom. The van der Waals surface area contributed by atoms with Crippen LogP contribution in [0.4, 0.5) is 5.95 Å². The van der Waals surface area contributed by atoms with Gasteiger partial charge in [-0.1, -0.05) is 0 Å². The van der Waals surface area contributed by atoms with E-state index in [0.29, 0.717) is 0 Å². The van der Waals surface area contributed by atoms with E-state index >= 15 is 0 Å². The molecule has 3 rings (SSSR count). The van der Waals surface area contributed by atoms with Gasteiger partial charge in [-0.25, -0.2) is 9.97 Å². The zero-order chi connectivity index (χ0) is 17.3. The summed E-state index contributed by atoms with van der Waals surface area (Å²) in [5.41, 5.74) is 0. The highest BCUT2D eigenvalue weighted by atomic mass is 32.2. The number of guanidine groups is 1. The second-order valence-corrected chi connectivity index (χ2v) is 7.44. The van der Waals surface area contributed by atoms with Gasteiger partial charge in [0.1, 0.15) is 0 Å². The predicted molar refractivity (Wildman–Crippen MR) is 106 cm³/mol. The number of hydrogen-bond acceptors (Lipinski definition) is 6. The molecule has 0 atom stereocenters. The Balaban J connectivity index is 1.49. The van der Waals surface area contributed by atoms with Crippen LogP contribution in [0.5, 0.6) is 0 Å². The lowest BCUT2D eigenvalue weighted by Crippen LogP contribution is -2.53. The highest BCUT2D eigenvalue weighted by Gasteiger charge is 2.21. The van der Waals surface area contributed by atoms with E-state index in [1.54, 1.807) is 12.4 Å². The molecule has 0 saturated carbocycles. The number of thioether (sulfide) groups is 1. The number of rotatable bonds is 5. The summed E-state index contributed by atoms with van der Waals surface area (Å²) >= 11 is 2.05. The van der Waals surface area contributed by atoms with Crippen LogP contribution in [0.2, 0.25) is 0 Å². The Morgan fingerprint density at radius 1 is 1.12 bits per heavy atom. The molecule has 0 unspecified atom stereocenters. The standard InChI is InChI=1S/C17H29N7S/c1-2-18-16(21-6-7-22-12-14-25-15-13-22)23-8-10-24(11-9-23)17-19-4-3-5-20-17/h3-5H,2,6-15H2,1H3,(H,18,21). The third-order valence-corrected chi connectivity index (χ3v) is 5.47. The van der Waals surface area contributed by atoms with Gasteiger partial charge in [0.15, 0.2) is 5.96 Å². The molecule has 3 heterocycles. The van der Waals surface area contributed by atoms with Crippen LogP contribution >= 0.6 is 11.8 Å². The molecule has 2 aliphatic heterocycles. The van der Waals surface area contributed by atoms with Gasteiger partial charge in [0.2, 0.25) is 5.95 Å². The summed E-state index contributed by atoms with van der Waals surface area (Å²) in [5, 5.41) is 3.45. The second-order valence-electron chi connectivity index (χ2n) is 6.21. The smallest absolute Gasteiger partial charge is 0.225 e. The minimum absolute atomic E-state index is 0.826. The number of anilines is 1. The van der Waals surface area contributed by atoms with Crippen LogP contribution in [0.3, 0.4) is 0 Å². The van der Waals surface area contributed by atoms with Gasteiger partial charge in [-0.3, -0.25) is 9.89 Å². The molecular formula is C17H29N7S. The van der Waals surface area contributed by atoms with Crippen molar-refractivity contribution in [2.24, 2.45) is 4.99 Å². The van der Waals surface area contributed by atoms with Crippen molar-refractivity contribution in [2.75, 3.05) is 75.3 Å². The molecule has 1 N–H and O–H groups in total. The van der Waals surface area contributed by atoms with Crippen LogP contribution in [-0.4, -0.2) is 96.1 Å². The maximum atomic E-state index is 4.86. The summed E-state index contributed by atoms with van der Waals surface area (Å²) in [4.78, 5) is 20.7. The van der Waals surface area contributed by atoms with Gasteiger partial charge in [0.25, 0.3) is 0 Å². The van der Waals surface area contributed by atoms with E-state index in [1.165, 1.54) is 24.6 Å². The van der Waals surface area contributed by atoms with E-state index in [1.807, 2.05) is 6.07 Å². The van der Waals surface area contributed by atoms with Gasteiger partial charge in [-0.05, 0) is 13.0 Å². The van der Waals surface area contributed by atoms with Gasteiger partial charge >= 0.3 is 0 Å². The third-order valence-electron chi connectivity index (χ3n) is 4.53. The summed E-state index contributed by atoms with van der Waals surface area (Å²) in [5.74, 6) is 4.38. The molecule has 7 nitrogen and oxygen atoms in total. The van der Waals surface area contributed by atoms with Crippen molar-refractivity contribution in [1.82, 2.24) is 25.1 Å². The van der Waals surface area contributed by atoms with Crippen LogP contribution < -0.4 is 10.2 Å². The summed E-state index contributed by atoms with van der Waals surface area (Å²) < 4.78 is 0. The van der Waals surface area contributed by atoms with Crippen molar-refractivity contribution < 1.29 is 0 Å². The van der Waals surface area contributed by atoms with E-state index in [4.69, 9.17) is 4.99 Å². The lowest BCUT2D eigenvalue weighted by Gasteiger charge is -2.36. The monoisotopic (exact) mass is 363 g/mol. The molecule has 1 aromatic heterocycles. The number of nitrogens with zero attached hydrogens (tertiary/aromatic N) is 6. The Hall–Kier alpha value is -1.54. The molecule has 0 bridgehead atoms. The quantitative estimate of drug-likeness (QED) is 0.608. The molecule has 1 aromatic rings. The van der Waals surface area contributed by atoms with Crippen molar-refractivity contribution in [2.45, 2.75) is 6.92 Å². The van der Waals surface area contributed by atoms with E-state index in [9.17, 15) is 0 Å². The zero-order valence-electron chi connectivity index (χ0n) is 15.1. The Morgan fingerprint density at radius 2 is 1.84 bits per heavy atom. The van der Waals surface area contributed by atoms with Crippen molar-refractivity contribution in [3.05, 3.63) is 18.5 Å². The number of aromatic nitrogens is 2. The zero-order valence-corrected chi connectivity index (χ0v) is 15.9. The summed E-state index contributed by atoms with van der Waals surface area (Å²) in [6, 6.07) is 1.86. The number of nitrogens with one attached hydrogen (secondary N) is 1. The van der Waals surface area contributed by atoms with Crippen LogP contribution in [0.25, 0.3) is 0 Å². The molecule has 2 saturated heterocycles. The van der Waals surface area contributed by atoms with Crippen molar-refractivity contribution in [3.63, 3.8) is 0 Å². The van der Waals surface area contributed by atoms with Gasteiger partial charge in [-0.15, -0.1) is 0 Å². The second kappa shape index (κ2) is 9.82. The normalized spacial score (nSPS) is 20.0. The first-order chi connectivity index (χ1) is 12.4. The van der Waals surface area contributed by atoms with E-state index < -0.39 is 0 Å². The Kier molecular flexibility index (Phi) is 7.17. The minimum Gasteiger partial charge on any atom is -0.357 e. The SMILES string of the molecule is CCNC(=NCCN1CCSCC1)N1CCN(c2ncccn2)CC1. The maximum absolute atomic E-state index is 4.86. The Labute approximate surface area is 154 Å².